The number of esters is 1. The molecule has 1 N–H and O–H groups in total. The second-order valence-corrected chi connectivity index (χ2v) is 6.71. The van der Waals surface area contributed by atoms with Gasteiger partial charge in [0.1, 0.15) is 0 Å². The summed E-state index contributed by atoms with van der Waals surface area (Å²) >= 11 is 6.15. The van der Waals surface area contributed by atoms with E-state index in [4.69, 9.17) is 16.3 Å². The lowest BCUT2D eigenvalue weighted by molar-refractivity contribution is -0.124. The van der Waals surface area contributed by atoms with E-state index < -0.39 is 11.9 Å². The molecule has 0 saturated heterocycles. The third-order valence-corrected chi connectivity index (χ3v) is 4.66. The molecular weight excluding hydrogens is 374 g/mol. The van der Waals surface area contributed by atoms with Crippen LogP contribution in [0.25, 0.3) is 11.1 Å². The third kappa shape index (κ3) is 4.78. The van der Waals surface area contributed by atoms with E-state index in [9.17, 15) is 9.59 Å². The van der Waals surface area contributed by atoms with Crippen LogP contribution in [0.3, 0.4) is 0 Å². The van der Waals surface area contributed by atoms with Gasteiger partial charge in [-0.15, -0.1) is 0 Å². The molecule has 0 aliphatic rings. The van der Waals surface area contributed by atoms with Crippen LogP contribution in [0.5, 0.6) is 0 Å². The first-order chi connectivity index (χ1) is 13.6. The maximum Gasteiger partial charge on any atom is 0.339 e. The summed E-state index contributed by atoms with van der Waals surface area (Å²) in [6, 6.07) is 23.7. The zero-order chi connectivity index (χ0) is 19.9. The van der Waals surface area contributed by atoms with Crippen molar-refractivity contribution in [2.75, 3.05) is 6.61 Å². The summed E-state index contributed by atoms with van der Waals surface area (Å²) in [5.41, 5.74) is 2.89. The number of ether oxygens (including phenoxy) is 1. The van der Waals surface area contributed by atoms with Gasteiger partial charge in [-0.2, -0.15) is 0 Å². The Balaban J connectivity index is 1.63. The van der Waals surface area contributed by atoms with E-state index in [2.05, 4.69) is 5.32 Å². The molecule has 142 valence electrons. The molecule has 5 heteroatoms. The number of carbonyl (C=O) groups excluding carboxylic acids is 2. The molecule has 0 aliphatic heterocycles. The Morgan fingerprint density at radius 3 is 2.32 bits per heavy atom. The fourth-order valence-electron chi connectivity index (χ4n) is 2.93. The smallest absolute Gasteiger partial charge is 0.339 e. The average molecular weight is 394 g/mol. The SMILES string of the molecule is C[C@@H](NC(=O)COC(=O)c1ccccc1-c1ccccc1)c1ccccc1Cl. The van der Waals surface area contributed by atoms with E-state index >= 15 is 0 Å². The summed E-state index contributed by atoms with van der Waals surface area (Å²) in [5.74, 6) is -0.932. The number of hydrogen-bond donors (Lipinski definition) is 1. The van der Waals surface area contributed by atoms with Crippen molar-refractivity contribution in [1.82, 2.24) is 5.32 Å². The molecule has 1 amide bonds. The van der Waals surface area contributed by atoms with Crippen LogP contribution >= 0.6 is 11.6 Å². The Labute approximate surface area is 169 Å². The molecule has 0 bridgehead atoms. The molecule has 0 radical (unpaired) electrons. The molecule has 3 rings (SSSR count). The van der Waals surface area contributed by atoms with Gasteiger partial charge in [0.2, 0.25) is 0 Å². The molecule has 28 heavy (non-hydrogen) atoms. The van der Waals surface area contributed by atoms with Crippen LogP contribution in [0.15, 0.2) is 78.9 Å². The van der Waals surface area contributed by atoms with Crippen LogP contribution in [-0.4, -0.2) is 18.5 Å². The van der Waals surface area contributed by atoms with Gasteiger partial charge < -0.3 is 10.1 Å². The van der Waals surface area contributed by atoms with Gasteiger partial charge in [0.05, 0.1) is 11.6 Å². The van der Waals surface area contributed by atoms with Gasteiger partial charge in [0.25, 0.3) is 5.91 Å². The third-order valence-electron chi connectivity index (χ3n) is 4.32. The minimum Gasteiger partial charge on any atom is -0.452 e. The molecule has 0 spiro atoms. The van der Waals surface area contributed by atoms with Gasteiger partial charge in [-0.25, -0.2) is 4.79 Å². The van der Waals surface area contributed by atoms with Gasteiger partial charge in [-0.1, -0.05) is 78.3 Å². The average Bonchev–Trinajstić information content (AvgIpc) is 2.73. The Morgan fingerprint density at radius 2 is 1.57 bits per heavy atom. The van der Waals surface area contributed by atoms with Crippen molar-refractivity contribution in [3.05, 3.63) is 95.0 Å². The second-order valence-electron chi connectivity index (χ2n) is 6.30. The van der Waals surface area contributed by atoms with Gasteiger partial charge in [-0.05, 0) is 35.7 Å². The van der Waals surface area contributed by atoms with E-state index in [0.717, 1.165) is 16.7 Å². The Kier molecular flexibility index (Phi) is 6.45. The van der Waals surface area contributed by atoms with E-state index in [1.807, 2.05) is 67.6 Å². The van der Waals surface area contributed by atoms with Crippen molar-refractivity contribution in [3.8, 4) is 11.1 Å². The number of nitrogens with one attached hydrogen (secondary N) is 1. The highest BCUT2D eigenvalue weighted by atomic mass is 35.5. The first-order valence-electron chi connectivity index (χ1n) is 8.91. The Morgan fingerprint density at radius 1 is 0.929 bits per heavy atom. The second kappa shape index (κ2) is 9.20. The van der Waals surface area contributed by atoms with Crippen molar-refractivity contribution in [3.63, 3.8) is 0 Å². The fraction of sp³-hybridized carbons (Fsp3) is 0.130. The van der Waals surface area contributed by atoms with Crippen molar-refractivity contribution in [2.24, 2.45) is 0 Å². The standard InChI is InChI=1S/C23H20ClNO3/c1-16(18-11-7-8-14-21(18)24)25-22(26)15-28-23(27)20-13-6-5-12-19(20)17-9-3-2-4-10-17/h2-14,16H,15H2,1H3,(H,25,26)/t16-/m1/s1. The number of carbonyl (C=O) groups is 2. The van der Waals surface area contributed by atoms with E-state index in [1.165, 1.54) is 0 Å². The molecule has 0 fully saturated rings. The first kappa shape index (κ1) is 19.6. The molecular formula is C23H20ClNO3. The van der Waals surface area contributed by atoms with Gasteiger partial charge in [0, 0.05) is 5.02 Å². The predicted octanol–water partition coefficient (Wildman–Crippen LogP) is 5.04. The summed E-state index contributed by atoms with van der Waals surface area (Å²) in [7, 11) is 0. The van der Waals surface area contributed by atoms with E-state index in [-0.39, 0.29) is 12.6 Å². The van der Waals surface area contributed by atoms with Crippen molar-refractivity contribution < 1.29 is 14.3 Å². The Bertz CT molecular complexity index is 972. The van der Waals surface area contributed by atoms with Crippen LogP contribution in [0.2, 0.25) is 5.02 Å². The molecule has 0 aliphatic carbocycles. The lowest BCUT2D eigenvalue weighted by atomic mass is 10.00. The molecule has 4 nitrogen and oxygen atoms in total. The van der Waals surface area contributed by atoms with Gasteiger partial charge >= 0.3 is 5.97 Å². The zero-order valence-corrected chi connectivity index (χ0v) is 16.1. The summed E-state index contributed by atoms with van der Waals surface area (Å²) in [6.45, 7) is 1.46. The predicted molar refractivity (Wildman–Crippen MR) is 110 cm³/mol. The molecule has 0 saturated carbocycles. The fourth-order valence-corrected chi connectivity index (χ4v) is 3.23. The van der Waals surface area contributed by atoms with Crippen molar-refractivity contribution >= 4 is 23.5 Å². The van der Waals surface area contributed by atoms with Crippen LogP contribution in [0.1, 0.15) is 28.9 Å². The summed E-state index contributed by atoms with van der Waals surface area (Å²) < 4.78 is 5.24. The quantitative estimate of drug-likeness (QED) is 0.597. The summed E-state index contributed by atoms with van der Waals surface area (Å²) in [5, 5.41) is 3.36. The van der Waals surface area contributed by atoms with E-state index in [1.54, 1.807) is 18.2 Å². The highest BCUT2D eigenvalue weighted by molar-refractivity contribution is 6.31. The molecule has 3 aromatic carbocycles. The van der Waals surface area contributed by atoms with Crippen LogP contribution in [-0.2, 0) is 9.53 Å². The molecule has 3 aromatic rings. The number of rotatable bonds is 6. The normalized spacial score (nSPS) is 11.5. The monoisotopic (exact) mass is 393 g/mol. The lowest BCUT2D eigenvalue weighted by Gasteiger charge is -2.16. The highest BCUT2D eigenvalue weighted by Gasteiger charge is 2.17. The highest BCUT2D eigenvalue weighted by Crippen LogP contribution is 2.24. The lowest BCUT2D eigenvalue weighted by Crippen LogP contribution is -2.31. The maximum absolute atomic E-state index is 12.5. The molecule has 0 heterocycles. The summed E-state index contributed by atoms with van der Waals surface area (Å²) in [6.07, 6.45) is 0. The number of amides is 1. The van der Waals surface area contributed by atoms with E-state index in [0.29, 0.717) is 10.6 Å². The molecule has 1 atom stereocenters. The van der Waals surface area contributed by atoms with Gasteiger partial charge in [0.15, 0.2) is 6.61 Å². The summed E-state index contributed by atoms with van der Waals surface area (Å²) in [4.78, 5) is 24.7. The Hall–Kier alpha value is -3.11. The maximum atomic E-state index is 12.5. The molecule has 0 aromatic heterocycles. The van der Waals surface area contributed by atoms with Crippen LogP contribution in [0, 0.1) is 0 Å². The largest absolute Gasteiger partial charge is 0.452 e. The number of hydrogen-bond acceptors (Lipinski definition) is 3. The zero-order valence-electron chi connectivity index (χ0n) is 15.4. The first-order valence-corrected chi connectivity index (χ1v) is 9.29. The van der Waals surface area contributed by atoms with Crippen molar-refractivity contribution in [1.29, 1.82) is 0 Å². The van der Waals surface area contributed by atoms with Gasteiger partial charge in [-0.3, -0.25) is 4.79 Å². The minimum absolute atomic E-state index is 0.295. The number of halogens is 1. The van der Waals surface area contributed by atoms with Crippen LogP contribution in [0.4, 0.5) is 0 Å². The molecule has 0 unspecified atom stereocenters. The number of benzene rings is 3. The van der Waals surface area contributed by atoms with Crippen LogP contribution < -0.4 is 5.32 Å². The minimum atomic E-state index is -0.542. The topological polar surface area (TPSA) is 55.4 Å². The van der Waals surface area contributed by atoms with Crippen molar-refractivity contribution in [2.45, 2.75) is 13.0 Å².